The molecule has 0 radical (unpaired) electrons. The van der Waals surface area contributed by atoms with Crippen molar-refractivity contribution in [2.45, 2.75) is 38.0 Å². The highest BCUT2D eigenvalue weighted by Gasteiger charge is 2.22. The fourth-order valence-electron chi connectivity index (χ4n) is 1.17. The summed E-state index contributed by atoms with van der Waals surface area (Å²) in [6.07, 6.45) is 1.52. The lowest BCUT2D eigenvalue weighted by molar-refractivity contribution is -0.0608. The Hall–Kier alpha value is -0.120. The Bertz CT molecular complexity index is 97.8. The van der Waals surface area contributed by atoms with Gasteiger partial charge in [-0.05, 0) is 19.8 Å². The number of aliphatic hydroxyl groups excluding tert-OH is 1. The van der Waals surface area contributed by atoms with Crippen molar-refractivity contribution in [3.63, 3.8) is 0 Å². The first-order chi connectivity index (χ1) is 4.70. The highest BCUT2D eigenvalue weighted by atomic mass is 16.5. The summed E-state index contributed by atoms with van der Waals surface area (Å²) in [6, 6.07) is 0.176. The smallest absolute Gasteiger partial charge is 0.0832 e. The van der Waals surface area contributed by atoms with Crippen molar-refractivity contribution in [2.75, 3.05) is 6.61 Å². The quantitative estimate of drug-likeness (QED) is 0.540. The lowest BCUT2D eigenvalue weighted by Gasteiger charge is -2.28. The van der Waals surface area contributed by atoms with Gasteiger partial charge in [-0.3, -0.25) is 0 Å². The second kappa shape index (κ2) is 3.32. The van der Waals surface area contributed by atoms with Gasteiger partial charge in [0.2, 0.25) is 0 Å². The molecular formula is C7H15NO2. The number of rotatable bonds is 1. The SMILES string of the molecule is CC(O)C1CCC(N)CO1. The Morgan fingerprint density at radius 2 is 2.30 bits per heavy atom. The molecule has 0 saturated carbocycles. The minimum atomic E-state index is -0.354. The average Bonchev–Trinajstić information content (AvgIpc) is 1.88. The van der Waals surface area contributed by atoms with Crippen LogP contribution in [-0.2, 0) is 4.74 Å². The van der Waals surface area contributed by atoms with E-state index in [9.17, 15) is 0 Å². The van der Waals surface area contributed by atoms with Gasteiger partial charge in [-0.25, -0.2) is 0 Å². The molecule has 3 nitrogen and oxygen atoms in total. The van der Waals surface area contributed by atoms with Crippen molar-refractivity contribution in [1.29, 1.82) is 0 Å². The van der Waals surface area contributed by atoms with Crippen molar-refractivity contribution in [3.05, 3.63) is 0 Å². The molecule has 1 heterocycles. The third kappa shape index (κ3) is 1.94. The lowest BCUT2D eigenvalue weighted by atomic mass is 10.0. The molecule has 1 aliphatic rings. The molecule has 0 amide bonds. The Kier molecular flexibility index (Phi) is 2.65. The van der Waals surface area contributed by atoms with E-state index in [0.29, 0.717) is 6.61 Å². The summed E-state index contributed by atoms with van der Waals surface area (Å²) in [5.74, 6) is 0. The third-order valence-electron chi connectivity index (χ3n) is 1.88. The molecule has 10 heavy (non-hydrogen) atoms. The van der Waals surface area contributed by atoms with Crippen LogP contribution in [0.3, 0.4) is 0 Å². The predicted octanol–water partition coefficient (Wildman–Crippen LogP) is -0.127. The van der Waals surface area contributed by atoms with Crippen LogP contribution in [0.25, 0.3) is 0 Å². The summed E-state index contributed by atoms with van der Waals surface area (Å²) in [5, 5.41) is 9.10. The van der Waals surface area contributed by atoms with Crippen LogP contribution in [0.2, 0.25) is 0 Å². The van der Waals surface area contributed by atoms with Gasteiger partial charge in [0, 0.05) is 6.04 Å². The first kappa shape index (κ1) is 7.98. The van der Waals surface area contributed by atoms with Crippen LogP contribution in [-0.4, -0.2) is 30.0 Å². The van der Waals surface area contributed by atoms with Crippen LogP contribution in [0.15, 0.2) is 0 Å². The summed E-state index contributed by atoms with van der Waals surface area (Å²) in [4.78, 5) is 0. The van der Waals surface area contributed by atoms with Gasteiger partial charge < -0.3 is 15.6 Å². The monoisotopic (exact) mass is 145 g/mol. The maximum Gasteiger partial charge on any atom is 0.0832 e. The number of hydrogen-bond acceptors (Lipinski definition) is 3. The zero-order valence-corrected chi connectivity index (χ0v) is 6.29. The predicted molar refractivity (Wildman–Crippen MR) is 38.6 cm³/mol. The molecule has 1 rings (SSSR count). The molecule has 3 N–H and O–H groups in total. The Morgan fingerprint density at radius 3 is 2.70 bits per heavy atom. The van der Waals surface area contributed by atoms with E-state index in [1.54, 1.807) is 6.92 Å². The van der Waals surface area contributed by atoms with Gasteiger partial charge in [0.05, 0.1) is 18.8 Å². The van der Waals surface area contributed by atoms with Crippen molar-refractivity contribution in [3.8, 4) is 0 Å². The summed E-state index contributed by atoms with van der Waals surface area (Å²) in [6.45, 7) is 2.34. The normalized spacial score (nSPS) is 37.5. The van der Waals surface area contributed by atoms with E-state index in [0.717, 1.165) is 12.8 Å². The maximum absolute atomic E-state index is 9.10. The van der Waals surface area contributed by atoms with Crippen LogP contribution in [0, 0.1) is 0 Å². The molecule has 3 atom stereocenters. The molecular weight excluding hydrogens is 130 g/mol. The van der Waals surface area contributed by atoms with E-state index in [4.69, 9.17) is 15.6 Å². The van der Waals surface area contributed by atoms with Crippen molar-refractivity contribution >= 4 is 0 Å². The highest BCUT2D eigenvalue weighted by Crippen LogP contribution is 2.14. The number of ether oxygens (including phenoxy) is 1. The van der Waals surface area contributed by atoms with Crippen LogP contribution in [0.1, 0.15) is 19.8 Å². The number of nitrogens with two attached hydrogens (primary N) is 1. The first-order valence-electron chi connectivity index (χ1n) is 3.75. The van der Waals surface area contributed by atoms with E-state index in [1.165, 1.54) is 0 Å². The van der Waals surface area contributed by atoms with Gasteiger partial charge in [0.1, 0.15) is 0 Å². The summed E-state index contributed by atoms with van der Waals surface area (Å²) in [7, 11) is 0. The topological polar surface area (TPSA) is 55.5 Å². The van der Waals surface area contributed by atoms with Gasteiger partial charge in [-0.1, -0.05) is 0 Å². The lowest BCUT2D eigenvalue weighted by Crippen LogP contribution is -2.39. The van der Waals surface area contributed by atoms with Gasteiger partial charge >= 0.3 is 0 Å². The molecule has 60 valence electrons. The van der Waals surface area contributed by atoms with Crippen LogP contribution in [0.5, 0.6) is 0 Å². The molecule has 1 saturated heterocycles. The number of hydrogen-bond donors (Lipinski definition) is 2. The standard InChI is InChI=1S/C7H15NO2/c1-5(9)7-3-2-6(8)4-10-7/h5-7,9H,2-4,8H2,1H3. The third-order valence-corrected chi connectivity index (χ3v) is 1.88. The molecule has 0 aromatic heterocycles. The minimum Gasteiger partial charge on any atom is -0.391 e. The Balaban J connectivity index is 2.26. The van der Waals surface area contributed by atoms with E-state index < -0.39 is 0 Å². The second-order valence-corrected chi connectivity index (χ2v) is 2.95. The van der Waals surface area contributed by atoms with Gasteiger partial charge in [-0.2, -0.15) is 0 Å². The summed E-state index contributed by atoms with van der Waals surface area (Å²) in [5.41, 5.74) is 5.59. The molecule has 0 aromatic carbocycles. The Morgan fingerprint density at radius 1 is 1.60 bits per heavy atom. The van der Waals surface area contributed by atoms with Crippen molar-refractivity contribution in [2.24, 2.45) is 5.73 Å². The van der Waals surface area contributed by atoms with Crippen LogP contribution >= 0.6 is 0 Å². The summed E-state index contributed by atoms with van der Waals surface area (Å²) < 4.78 is 5.28. The van der Waals surface area contributed by atoms with E-state index in [2.05, 4.69) is 0 Å². The zero-order chi connectivity index (χ0) is 7.56. The largest absolute Gasteiger partial charge is 0.391 e. The Labute approximate surface area is 61.2 Å². The molecule has 0 bridgehead atoms. The fourth-order valence-corrected chi connectivity index (χ4v) is 1.17. The van der Waals surface area contributed by atoms with E-state index in [-0.39, 0.29) is 18.2 Å². The van der Waals surface area contributed by atoms with E-state index >= 15 is 0 Å². The van der Waals surface area contributed by atoms with Crippen molar-refractivity contribution < 1.29 is 9.84 Å². The molecule has 0 aromatic rings. The average molecular weight is 145 g/mol. The van der Waals surface area contributed by atoms with Crippen molar-refractivity contribution in [1.82, 2.24) is 0 Å². The second-order valence-electron chi connectivity index (χ2n) is 2.95. The summed E-state index contributed by atoms with van der Waals surface area (Å²) >= 11 is 0. The molecule has 0 spiro atoms. The minimum absolute atomic E-state index is 0.0137. The maximum atomic E-state index is 9.10. The fraction of sp³-hybridized carbons (Fsp3) is 1.00. The van der Waals surface area contributed by atoms with Gasteiger partial charge in [-0.15, -0.1) is 0 Å². The molecule has 0 aliphatic carbocycles. The highest BCUT2D eigenvalue weighted by molar-refractivity contribution is 4.74. The first-order valence-corrected chi connectivity index (χ1v) is 3.75. The molecule has 3 unspecified atom stereocenters. The van der Waals surface area contributed by atoms with Crippen LogP contribution in [0.4, 0.5) is 0 Å². The van der Waals surface area contributed by atoms with Gasteiger partial charge in [0.15, 0.2) is 0 Å². The van der Waals surface area contributed by atoms with Crippen LogP contribution < -0.4 is 5.73 Å². The molecule has 1 fully saturated rings. The van der Waals surface area contributed by atoms with E-state index in [1.807, 2.05) is 0 Å². The molecule has 1 aliphatic heterocycles. The zero-order valence-electron chi connectivity index (χ0n) is 6.29. The molecule has 3 heteroatoms. The van der Waals surface area contributed by atoms with Gasteiger partial charge in [0.25, 0.3) is 0 Å². The number of aliphatic hydroxyl groups is 1.